The Labute approximate surface area is 88.5 Å². The van der Waals surface area contributed by atoms with E-state index in [4.69, 9.17) is 10.00 Å². The van der Waals surface area contributed by atoms with Crippen LogP contribution in [-0.2, 0) is 4.74 Å². The number of rotatable bonds is 4. The first-order valence-corrected chi connectivity index (χ1v) is 4.63. The highest BCUT2D eigenvalue weighted by molar-refractivity contribution is 5.58. The van der Waals surface area contributed by atoms with Crippen molar-refractivity contribution < 1.29 is 9.13 Å². The molecule has 0 saturated carbocycles. The second kappa shape index (κ2) is 5.32. The molecule has 1 atom stereocenters. The summed E-state index contributed by atoms with van der Waals surface area (Å²) in [5, 5.41) is 11.8. The molecule has 0 spiro atoms. The molecule has 0 saturated heterocycles. The molecule has 0 fully saturated rings. The number of ether oxygens (including phenoxy) is 1. The van der Waals surface area contributed by atoms with Crippen LogP contribution < -0.4 is 5.32 Å². The Morgan fingerprint density at radius 3 is 2.93 bits per heavy atom. The summed E-state index contributed by atoms with van der Waals surface area (Å²) in [4.78, 5) is 0. The van der Waals surface area contributed by atoms with Crippen molar-refractivity contribution in [2.75, 3.05) is 19.0 Å². The van der Waals surface area contributed by atoms with E-state index in [0.717, 1.165) is 0 Å². The van der Waals surface area contributed by atoms with E-state index in [1.165, 1.54) is 6.07 Å². The molecule has 0 aliphatic rings. The highest BCUT2D eigenvalue weighted by Gasteiger charge is 2.09. The van der Waals surface area contributed by atoms with Crippen molar-refractivity contribution in [1.82, 2.24) is 0 Å². The molecule has 1 rings (SSSR count). The van der Waals surface area contributed by atoms with Crippen molar-refractivity contribution in [3.05, 3.63) is 29.6 Å². The highest BCUT2D eigenvalue weighted by Crippen LogP contribution is 2.18. The fourth-order valence-electron chi connectivity index (χ4n) is 1.32. The fourth-order valence-corrected chi connectivity index (χ4v) is 1.32. The Morgan fingerprint density at radius 2 is 2.33 bits per heavy atom. The molecule has 1 aromatic rings. The van der Waals surface area contributed by atoms with Crippen LogP contribution >= 0.6 is 0 Å². The van der Waals surface area contributed by atoms with E-state index in [1.54, 1.807) is 19.2 Å². The van der Waals surface area contributed by atoms with E-state index in [9.17, 15) is 4.39 Å². The molecule has 0 unspecified atom stereocenters. The van der Waals surface area contributed by atoms with Gasteiger partial charge >= 0.3 is 0 Å². The molecule has 80 valence electrons. The minimum Gasteiger partial charge on any atom is -0.383 e. The Kier molecular flexibility index (Phi) is 4.07. The average Bonchev–Trinajstić information content (AvgIpc) is 2.18. The third-order valence-electron chi connectivity index (χ3n) is 1.94. The van der Waals surface area contributed by atoms with Gasteiger partial charge in [-0.05, 0) is 19.1 Å². The Morgan fingerprint density at radius 1 is 1.60 bits per heavy atom. The standard InChI is InChI=1S/C11H13FN2O/c1-8(7-15-2)14-11-5-3-4-10(12)9(11)6-13/h3-5,8,14H,7H2,1-2H3/t8-/m0/s1. The molecule has 4 heteroatoms. The van der Waals surface area contributed by atoms with Crippen LogP contribution in [0.15, 0.2) is 18.2 Å². The van der Waals surface area contributed by atoms with Gasteiger partial charge in [0.05, 0.1) is 12.3 Å². The first kappa shape index (κ1) is 11.5. The van der Waals surface area contributed by atoms with Crippen LogP contribution in [0.1, 0.15) is 12.5 Å². The van der Waals surface area contributed by atoms with Gasteiger partial charge in [-0.15, -0.1) is 0 Å². The number of nitrogens with one attached hydrogen (secondary N) is 1. The van der Waals surface area contributed by atoms with E-state index < -0.39 is 5.82 Å². The quantitative estimate of drug-likeness (QED) is 0.824. The van der Waals surface area contributed by atoms with Gasteiger partial charge in [0, 0.05) is 13.2 Å². The third kappa shape index (κ3) is 2.93. The Hall–Kier alpha value is -1.60. The summed E-state index contributed by atoms with van der Waals surface area (Å²) in [7, 11) is 1.59. The van der Waals surface area contributed by atoms with E-state index in [1.807, 2.05) is 13.0 Å². The normalized spacial score (nSPS) is 11.9. The number of hydrogen-bond acceptors (Lipinski definition) is 3. The van der Waals surface area contributed by atoms with Crippen LogP contribution in [0.2, 0.25) is 0 Å². The number of nitriles is 1. The lowest BCUT2D eigenvalue weighted by Gasteiger charge is -2.15. The predicted octanol–water partition coefficient (Wildman–Crippen LogP) is 2.14. The zero-order valence-electron chi connectivity index (χ0n) is 8.75. The molecule has 0 amide bonds. The lowest BCUT2D eigenvalue weighted by Crippen LogP contribution is -2.21. The monoisotopic (exact) mass is 208 g/mol. The van der Waals surface area contributed by atoms with Crippen LogP contribution in [-0.4, -0.2) is 19.8 Å². The summed E-state index contributed by atoms with van der Waals surface area (Å²) >= 11 is 0. The van der Waals surface area contributed by atoms with Gasteiger partial charge in [0.25, 0.3) is 0 Å². The molecule has 0 aromatic heterocycles. The van der Waals surface area contributed by atoms with Crippen LogP contribution in [0.25, 0.3) is 0 Å². The molecule has 0 aliphatic heterocycles. The van der Waals surface area contributed by atoms with Crippen molar-refractivity contribution >= 4 is 5.69 Å². The second-order valence-electron chi connectivity index (χ2n) is 3.27. The average molecular weight is 208 g/mol. The van der Waals surface area contributed by atoms with Crippen LogP contribution in [0.5, 0.6) is 0 Å². The number of hydrogen-bond donors (Lipinski definition) is 1. The van der Waals surface area contributed by atoms with Crippen LogP contribution in [0.4, 0.5) is 10.1 Å². The van der Waals surface area contributed by atoms with Crippen LogP contribution in [0, 0.1) is 17.1 Å². The molecule has 0 heterocycles. The van der Waals surface area contributed by atoms with E-state index in [0.29, 0.717) is 12.3 Å². The van der Waals surface area contributed by atoms with Crippen LogP contribution in [0.3, 0.4) is 0 Å². The smallest absolute Gasteiger partial charge is 0.143 e. The van der Waals surface area contributed by atoms with Gasteiger partial charge in [-0.2, -0.15) is 5.26 Å². The minimum absolute atomic E-state index is 0.0314. The topological polar surface area (TPSA) is 45.0 Å². The van der Waals surface area contributed by atoms with Crippen molar-refractivity contribution in [3.8, 4) is 6.07 Å². The van der Waals surface area contributed by atoms with E-state index in [2.05, 4.69) is 5.32 Å². The summed E-state index contributed by atoms with van der Waals surface area (Å²) in [6, 6.07) is 6.37. The summed E-state index contributed by atoms with van der Waals surface area (Å²) in [5.74, 6) is -0.507. The SMILES string of the molecule is COC[C@H](C)Nc1cccc(F)c1C#N. The first-order chi connectivity index (χ1) is 7.19. The molecular weight excluding hydrogens is 195 g/mol. The Balaban J connectivity index is 2.86. The highest BCUT2D eigenvalue weighted by atomic mass is 19.1. The van der Waals surface area contributed by atoms with Gasteiger partial charge in [-0.3, -0.25) is 0 Å². The number of anilines is 1. The number of benzene rings is 1. The lowest BCUT2D eigenvalue weighted by atomic mass is 10.1. The summed E-state index contributed by atoms with van der Waals surface area (Å²) < 4.78 is 18.1. The molecule has 0 aliphatic carbocycles. The Bertz CT molecular complexity index is 373. The van der Waals surface area contributed by atoms with Gasteiger partial charge in [0.2, 0.25) is 0 Å². The maximum atomic E-state index is 13.2. The molecule has 15 heavy (non-hydrogen) atoms. The first-order valence-electron chi connectivity index (χ1n) is 4.63. The largest absolute Gasteiger partial charge is 0.383 e. The molecule has 0 bridgehead atoms. The zero-order valence-corrected chi connectivity index (χ0v) is 8.75. The zero-order chi connectivity index (χ0) is 11.3. The third-order valence-corrected chi connectivity index (χ3v) is 1.94. The second-order valence-corrected chi connectivity index (χ2v) is 3.27. The molecular formula is C11H13FN2O. The van der Waals surface area contributed by atoms with Gasteiger partial charge in [-0.25, -0.2) is 4.39 Å². The number of nitrogens with zero attached hydrogens (tertiary/aromatic N) is 1. The van der Waals surface area contributed by atoms with Gasteiger partial charge in [-0.1, -0.05) is 6.07 Å². The minimum atomic E-state index is -0.507. The number of methoxy groups -OCH3 is 1. The maximum Gasteiger partial charge on any atom is 0.143 e. The molecule has 1 N–H and O–H groups in total. The van der Waals surface area contributed by atoms with Gasteiger partial charge < -0.3 is 10.1 Å². The van der Waals surface area contributed by atoms with E-state index in [-0.39, 0.29) is 11.6 Å². The van der Waals surface area contributed by atoms with Crippen molar-refractivity contribution in [3.63, 3.8) is 0 Å². The summed E-state index contributed by atoms with van der Waals surface area (Å²) in [6.07, 6.45) is 0. The number of halogens is 1. The van der Waals surface area contributed by atoms with Gasteiger partial charge in [0.1, 0.15) is 17.4 Å². The molecule has 1 aromatic carbocycles. The van der Waals surface area contributed by atoms with Gasteiger partial charge in [0.15, 0.2) is 0 Å². The summed E-state index contributed by atoms with van der Waals surface area (Å²) in [6.45, 7) is 2.40. The van der Waals surface area contributed by atoms with Crippen molar-refractivity contribution in [2.45, 2.75) is 13.0 Å². The predicted molar refractivity (Wildman–Crippen MR) is 56.1 cm³/mol. The fraction of sp³-hybridized carbons (Fsp3) is 0.364. The molecule has 3 nitrogen and oxygen atoms in total. The lowest BCUT2D eigenvalue weighted by molar-refractivity contribution is 0.190. The van der Waals surface area contributed by atoms with Crippen molar-refractivity contribution in [2.24, 2.45) is 0 Å². The maximum absolute atomic E-state index is 13.2. The van der Waals surface area contributed by atoms with E-state index >= 15 is 0 Å². The molecule has 0 radical (unpaired) electrons. The van der Waals surface area contributed by atoms with Crippen molar-refractivity contribution in [1.29, 1.82) is 5.26 Å². The summed E-state index contributed by atoms with van der Waals surface area (Å²) in [5.41, 5.74) is 0.544.